The average molecular weight is 414 g/mol. The van der Waals surface area contributed by atoms with Crippen molar-refractivity contribution < 1.29 is 18.0 Å². The van der Waals surface area contributed by atoms with Gasteiger partial charge in [0, 0.05) is 14.1 Å². The molecule has 0 fully saturated rings. The third kappa shape index (κ3) is 3.58. The van der Waals surface area contributed by atoms with E-state index in [0.29, 0.717) is 0 Å². The molecule has 2 aromatic heterocycles. The Morgan fingerprint density at radius 3 is 2.54 bits per heavy atom. The standard InChI is InChI=1S/C15H11ClF3N7O2/c1-25-13(28)9(7-4-3-5-8(6-7)15(17,18)19)10(16)11(22-25)12(27)20-14-21-23-24-26(14)2/h3-6H,1-2H3,(H,20,21,24,27). The highest BCUT2D eigenvalue weighted by molar-refractivity contribution is 6.36. The van der Waals surface area contributed by atoms with Crippen molar-refractivity contribution in [3.8, 4) is 11.1 Å². The van der Waals surface area contributed by atoms with Crippen LogP contribution in [-0.2, 0) is 20.3 Å². The zero-order valence-electron chi connectivity index (χ0n) is 14.3. The fourth-order valence-corrected chi connectivity index (χ4v) is 2.67. The number of aryl methyl sites for hydroxylation is 2. The number of alkyl halides is 3. The number of anilines is 1. The minimum atomic E-state index is -4.61. The van der Waals surface area contributed by atoms with Gasteiger partial charge in [-0.3, -0.25) is 14.9 Å². The first kappa shape index (κ1) is 19.5. The Hall–Kier alpha value is -3.28. The maximum absolute atomic E-state index is 13.0. The Balaban J connectivity index is 2.12. The van der Waals surface area contributed by atoms with E-state index in [1.807, 2.05) is 0 Å². The van der Waals surface area contributed by atoms with Crippen LogP contribution in [0.25, 0.3) is 11.1 Å². The summed E-state index contributed by atoms with van der Waals surface area (Å²) in [6.45, 7) is 0. The number of nitrogens with zero attached hydrogens (tertiary/aromatic N) is 6. The molecule has 146 valence electrons. The highest BCUT2D eigenvalue weighted by Gasteiger charge is 2.31. The Labute approximate surface area is 159 Å². The first-order valence-electron chi connectivity index (χ1n) is 7.57. The lowest BCUT2D eigenvalue weighted by atomic mass is 10.0. The van der Waals surface area contributed by atoms with E-state index >= 15 is 0 Å². The number of tetrazole rings is 1. The molecule has 13 heteroatoms. The summed E-state index contributed by atoms with van der Waals surface area (Å²) in [5.41, 5.74) is -2.49. The van der Waals surface area contributed by atoms with Crippen LogP contribution < -0.4 is 10.9 Å². The molecular formula is C15H11ClF3N7O2. The van der Waals surface area contributed by atoms with Gasteiger partial charge in [-0.15, -0.1) is 0 Å². The predicted molar refractivity (Wildman–Crippen MR) is 91.7 cm³/mol. The molecular weight excluding hydrogens is 403 g/mol. The van der Waals surface area contributed by atoms with Gasteiger partial charge >= 0.3 is 6.18 Å². The third-order valence-electron chi connectivity index (χ3n) is 3.72. The Kier molecular flexibility index (Phi) is 4.89. The number of carbonyl (C=O) groups is 1. The Morgan fingerprint density at radius 1 is 1.21 bits per heavy atom. The number of benzene rings is 1. The topological polar surface area (TPSA) is 108 Å². The van der Waals surface area contributed by atoms with E-state index in [4.69, 9.17) is 11.6 Å². The van der Waals surface area contributed by atoms with Gasteiger partial charge in [0.05, 0.1) is 16.1 Å². The monoisotopic (exact) mass is 413 g/mol. The molecule has 9 nitrogen and oxygen atoms in total. The van der Waals surface area contributed by atoms with Crippen molar-refractivity contribution in [3.63, 3.8) is 0 Å². The van der Waals surface area contributed by atoms with Crippen LogP contribution in [0, 0.1) is 0 Å². The summed E-state index contributed by atoms with van der Waals surface area (Å²) in [6, 6.07) is 4.06. The van der Waals surface area contributed by atoms with Crippen LogP contribution in [0.15, 0.2) is 29.1 Å². The normalized spacial score (nSPS) is 11.5. The first-order valence-corrected chi connectivity index (χ1v) is 7.95. The SMILES string of the molecule is Cn1nnnc1NC(=O)c1nn(C)c(=O)c(-c2cccc(C(F)(F)F)c2)c1Cl. The van der Waals surface area contributed by atoms with Gasteiger partial charge in [-0.2, -0.15) is 18.3 Å². The maximum atomic E-state index is 13.0. The summed E-state index contributed by atoms with van der Waals surface area (Å²) in [4.78, 5) is 25.0. The van der Waals surface area contributed by atoms with Crippen LogP contribution in [-0.4, -0.2) is 35.9 Å². The van der Waals surface area contributed by atoms with Crippen molar-refractivity contribution in [1.29, 1.82) is 0 Å². The number of nitrogens with one attached hydrogen (secondary N) is 1. The van der Waals surface area contributed by atoms with Crippen LogP contribution in [0.3, 0.4) is 0 Å². The van der Waals surface area contributed by atoms with Crippen molar-refractivity contribution >= 4 is 23.5 Å². The van der Waals surface area contributed by atoms with Gasteiger partial charge in [-0.05, 0) is 28.1 Å². The molecule has 0 aliphatic rings. The van der Waals surface area contributed by atoms with Crippen molar-refractivity contribution in [2.24, 2.45) is 14.1 Å². The lowest BCUT2D eigenvalue weighted by Gasteiger charge is -2.12. The number of halogens is 4. The van der Waals surface area contributed by atoms with Crippen LogP contribution in [0.5, 0.6) is 0 Å². The number of aromatic nitrogens is 6. The molecule has 1 N–H and O–H groups in total. The van der Waals surface area contributed by atoms with E-state index in [0.717, 1.165) is 22.9 Å². The van der Waals surface area contributed by atoms with Gasteiger partial charge in [0.15, 0.2) is 5.69 Å². The zero-order chi connectivity index (χ0) is 20.6. The summed E-state index contributed by atoms with van der Waals surface area (Å²) < 4.78 is 41.0. The second-order valence-corrected chi connectivity index (χ2v) is 6.00. The fourth-order valence-electron chi connectivity index (χ4n) is 2.36. The summed E-state index contributed by atoms with van der Waals surface area (Å²) in [7, 11) is 2.72. The first-order chi connectivity index (χ1) is 13.1. The van der Waals surface area contributed by atoms with E-state index in [2.05, 4.69) is 25.9 Å². The van der Waals surface area contributed by atoms with Crippen molar-refractivity contribution in [1.82, 2.24) is 30.0 Å². The van der Waals surface area contributed by atoms with E-state index in [9.17, 15) is 22.8 Å². The molecule has 0 atom stereocenters. The smallest absolute Gasteiger partial charge is 0.288 e. The molecule has 0 aliphatic heterocycles. The minimum absolute atomic E-state index is 0.0164. The molecule has 2 heterocycles. The second-order valence-electron chi connectivity index (χ2n) is 5.63. The lowest BCUT2D eigenvalue weighted by Crippen LogP contribution is -2.27. The number of rotatable bonds is 3. The van der Waals surface area contributed by atoms with Gasteiger partial charge in [-0.25, -0.2) is 9.36 Å². The zero-order valence-corrected chi connectivity index (χ0v) is 15.1. The summed E-state index contributed by atoms with van der Waals surface area (Å²) in [5.74, 6) is -0.857. The lowest BCUT2D eigenvalue weighted by molar-refractivity contribution is -0.137. The summed E-state index contributed by atoms with van der Waals surface area (Å²) >= 11 is 6.19. The molecule has 0 saturated carbocycles. The van der Waals surface area contributed by atoms with E-state index in [-0.39, 0.29) is 22.8 Å². The average Bonchev–Trinajstić information content (AvgIpc) is 3.02. The second kappa shape index (κ2) is 7.03. The predicted octanol–water partition coefficient (Wildman–Crippen LogP) is 1.90. The summed E-state index contributed by atoms with van der Waals surface area (Å²) in [6.07, 6.45) is -4.61. The Bertz CT molecular complexity index is 1120. The Morgan fingerprint density at radius 2 is 1.93 bits per heavy atom. The quantitative estimate of drug-likeness (QED) is 0.702. The minimum Gasteiger partial charge on any atom is -0.288 e. The molecule has 0 radical (unpaired) electrons. The number of amides is 1. The molecule has 28 heavy (non-hydrogen) atoms. The van der Waals surface area contributed by atoms with E-state index in [1.54, 1.807) is 0 Å². The van der Waals surface area contributed by atoms with Crippen LogP contribution in [0.1, 0.15) is 16.1 Å². The van der Waals surface area contributed by atoms with Crippen molar-refractivity contribution in [2.75, 3.05) is 5.32 Å². The van der Waals surface area contributed by atoms with Crippen LogP contribution >= 0.6 is 11.6 Å². The van der Waals surface area contributed by atoms with E-state index in [1.165, 1.54) is 24.8 Å². The molecule has 0 saturated heterocycles. The van der Waals surface area contributed by atoms with Gasteiger partial charge in [-0.1, -0.05) is 28.8 Å². The fraction of sp³-hybridized carbons (Fsp3) is 0.200. The molecule has 3 rings (SSSR count). The molecule has 0 spiro atoms. The number of hydrogen-bond acceptors (Lipinski definition) is 6. The van der Waals surface area contributed by atoms with Crippen molar-refractivity contribution in [3.05, 3.63) is 50.9 Å². The molecule has 3 aromatic rings. The third-order valence-corrected chi connectivity index (χ3v) is 4.09. The maximum Gasteiger partial charge on any atom is 0.416 e. The van der Waals surface area contributed by atoms with Gasteiger partial charge in [0.2, 0.25) is 5.95 Å². The molecule has 0 aliphatic carbocycles. The molecule has 0 unspecified atom stereocenters. The molecule has 0 bridgehead atoms. The van der Waals surface area contributed by atoms with Gasteiger partial charge in [0.25, 0.3) is 11.5 Å². The molecule has 1 aromatic carbocycles. The number of carbonyl (C=O) groups excluding carboxylic acids is 1. The highest BCUT2D eigenvalue weighted by Crippen LogP contribution is 2.33. The largest absolute Gasteiger partial charge is 0.416 e. The number of hydrogen-bond donors (Lipinski definition) is 1. The van der Waals surface area contributed by atoms with Crippen molar-refractivity contribution in [2.45, 2.75) is 6.18 Å². The summed E-state index contributed by atoms with van der Waals surface area (Å²) in [5, 5.41) is 16.2. The van der Waals surface area contributed by atoms with Crippen LogP contribution in [0.4, 0.5) is 19.1 Å². The molecule has 1 amide bonds. The van der Waals surface area contributed by atoms with E-state index < -0.39 is 28.2 Å². The van der Waals surface area contributed by atoms with Gasteiger partial charge in [0.1, 0.15) is 0 Å². The van der Waals surface area contributed by atoms with Gasteiger partial charge < -0.3 is 0 Å². The van der Waals surface area contributed by atoms with Crippen LogP contribution in [0.2, 0.25) is 5.02 Å². The highest BCUT2D eigenvalue weighted by atomic mass is 35.5.